The van der Waals surface area contributed by atoms with Gasteiger partial charge in [-0.1, -0.05) is 0 Å². The van der Waals surface area contributed by atoms with Gasteiger partial charge in [0.2, 0.25) is 0 Å². The fourth-order valence-corrected chi connectivity index (χ4v) is 4.56. The molecule has 3 rings (SSSR count). The van der Waals surface area contributed by atoms with Crippen LogP contribution in [0.25, 0.3) is 0 Å². The van der Waals surface area contributed by atoms with E-state index in [0.29, 0.717) is 6.04 Å². The highest BCUT2D eigenvalue weighted by atomic mass is 16.6. The molecule has 3 aliphatic rings. The highest BCUT2D eigenvalue weighted by molar-refractivity contribution is 5.68. The summed E-state index contributed by atoms with van der Waals surface area (Å²) in [5, 5.41) is 0. The molecule has 3 saturated heterocycles. The maximum absolute atomic E-state index is 12.2. The van der Waals surface area contributed by atoms with Crippen molar-refractivity contribution in [1.82, 2.24) is 19.6 Å². The predicted molar refractivity (Wildman–Crippen MR) is 104 cm³/mol. The van der Waals surface area contributed by atoms with Crippen LogP contribution in [-0.2, 0) is 4.74 Å². The minimum atomic E-state index is -0.406. The van der Waals surface area contributed by atoms with Crippen molar-refractivity contribution in [3.63, 3.8) is 0 Å². The molecule has 1 unspecified atom stereocenters. The number of ether oxygens (including phenoxy) is 1. The minimum absolute atomic E-state index is 0.153. The highest BCUT2D eigenvalue weighted by Crippen LogP contribution is 2.23. The zero-order chi connectivity index (χ0) is 18.7. The van der Waals surface area contributed by atoms with Gasteiger partial charge in [0.1, 0.15) is 5.60 Å². The van der Waals surface area contributed by atoms with Crippen molar-refractivity contribution in [1.29, 1.82) is 0 Å². The van der Waals surface area contributed by atoms with E-state index in [1.54, 1.807) is 0 Å². The molecule has 1 atom stereocenters. The third-order valence-electron chi connectivity index (χ3n) is 6.17. The van der Waals surface area contributed by atoms with Gasteiger partial charge in [0.25, 0.3) is 0 Å². The summed E-state index contributed by atoms with van der Waals surface area (Å²) in [6, 6.07) is 1.41. The second-order valence-corrected chi connectivity index (χ2v) is 9.34. The van der Waals surface area contributed by atoms with Gasteiger partial charge in [0.05, 0.1) is 6.67 Å². The number of hydrogen-bond acceptors (Lipinski definition) is 5. The number of carbonyl (C=O) groups is 1. The summed E-state index contributed by atoms with van der Waals surface area (Å²) in [6.45, 7) is 13.4. The van der Waals surface area contributed by atoms with Gasteiger partial charge in [-0.2, -0.15) is 0 Å². The molecular formula is C20H38N4O2. The van der Waals surface area contributed by atoms with Crippen LogP contribution in [0.4, 0.5) is 4.79 Å². The van der Waals surface area contributed by atoms with Crippen LogP contribution >= 0.6 is 0 Å². The molecule has 0 aromatic carbocycles. The van der Waals surface area contributed by atoms with E-state index >= 15 is 0 Å². The lowest BCUT2D eigenvalue weighted by molar-refractivity contribution is 0.0147. The maximum Gasteiger partial charge on any atom is 0.410 e. The molecular weight excluding hydrogens is 328 g/mol. The zero-order valence-electron chi connectivity index (χ0n) is 17.2. The standard InChI is InChI=1S/C20H38N4O2/c1-20(2,3)26-19(25)23-12-8-18(9-13-23)24-15-14-22(16-24)11-7-17-6-5-10-21(17)4/h17-18H,5-16H2,1-4H3. The quantitative estimate of drug-likeness (QED) is 0.764. The molecule has 0 saturated carbocycles. The van der Waals surface area contributed by atoms with Crippen molar-refractivity contribution in [2.24, 2.45) is 0 Å². The Bertz CT molecular complexity index is 471. The van der Waals surface area contributed by atoms with Gasteiger partial charge in [-0.05, 0) is 66.5 Å². The Morgan fingerprint density at radius 2 is 1.77 bits per heavy atom. The van der Waals surface area contributed by atoms with E-state index in [9.17, 15) is 4.79 Å². The van der Waals surface area contributed by atoms with E-state index in [-0.39, 0.29) is 6.09 Å². The Hall–Kier alpha value is -0.850. The number of nitrogens with zero attached hydrogens (tertiary/aromatic N) is 4. The molecule has 3 fully saturated rings. The molecule has 3 aliphatic heterocycles. The van der Waals surface area contributed by atoms with Gasteiger partial charge >= 0.3 is 6.09 Å². The van der Waals surface area contributed by atoms with Crippen molar-refractivity contribution in [3.8, 4) is 0 Å². The van der Waals surface area contributed by atoms with Gasteiger partial charge in [0, 0.05) is 44.8 Å². The number of carbonyl (C=O) groups excluding carboxylic acids is 1. The predicted octanol–water partition coefficient (Wildman–Crippen LogP) is 2.45. The van der Waals surface area contributed by atoms with Crippen LogP contribution in [0.2, 0.25) is 0 Å². The number of amides is 1. The van der Waals surface area contributed by atoms with Gasteiger partial charge in [0.15, 0.2) is 0 Å². The molecule has 3 heterocycles. The van der Waals surface area contributed by atoms with Crippen LogP contribution in [0, 0.1) is 0 Å². The van der Waals surface area contributed by atoms with Gasteiger partial charge in [-0.3, -0.25) is 9.80 Å². The van der Waals surface area contributed by atoms with E-state index in [4.69, 9.17) is 4.74 Å². The first-order valence-corrected chi connectivity index (χ1v) is 10.5. The van der Waals surface area contributed by atoms with Crippen molar-refractivity contribution in [2.45, 2.75) is 70.6 Å². The van der Waals surface area contributed by atoms with Crippen molar-refractivity contribution in [2.75, 3.05) is 53.0 Å². The van der Waals surface area contributed by atoms with E-state index in [2.05, 4.69) is 21.7 Å². The van der Waals surface area contributed by atoms with Crippen molar-refractivity contribution < 1.29 is 9.53 Å². The van der Waals surface area contributed by atoms with E-state index in [0.717, 1.165) is 38.6 Å². The Balaban J connectivity index is 1.37. The topological polar surface area (TPSA) is 39.3 Å². The lowest BCUT2D eigenvalue weighted by Crippen LogP contribution is -2.47. The van der Waals surface area contributed by atoms with Crippen LogP contribution in [0.1, 0.15) is 52.9 Å². The molecule has 6 nitrogen and oxygen atoms in total. The normalized spacial score (nSPS) is 27.4. The maximum atomic E-state index is 12.2. The number of rotatable bonds is 4. The summed E-state index contributed by atoms with van der Waals surface area (Å²) in [7, 11) is 2.27. The van der Waals surface area contributed by atoms with Crippen molar-refractivity contribution in [3.05, 3.63) is 0 Å². The Kier molecular flexibility index (Phi) is 6.46. The summed E-state index contributed by atoms with van der Waals surface area (Å²) < 4.78 is 5.51. The van der Waals surface area contributed by atoms with Crippen LogP contribution in [-0.4, -0.2) is 96.4 Å². The average Bonchev–Trinajstić information content (AvgIpc) is 3.20. The summed E-state index contributed by atoms with van der Waals surface area (Å²) in [5.74, 6) is 0. The van der Waals surface area contributed by atoms with Crippen LogP contribution in [0.3, 0.4) is 0 Å². The Morgan fingerprint density at radius 1 is 1.04 bits per heavy atom. The molecule has 0 bridgehead atoms. The molecule has 0 aliphatic carbocycles. The Labute approximate surface area is 159 Å². The minimum Gasteiger partial charge on any atom is -0.444 e. The Morgan fingerprint density at radius 3 is 2.38 bits per heavy atom. The first-order valence-electron chi connectivity index (χ1n) is 10.5. The zero-order valence-corrected chi connectivity index (χ0v) is 17.2. The molecule has 0 N–H and O–H groups in total. The molecule has 6 heteroatoms. The van der Waals surface area contributed by atoms with Crippen molar-refractivity contribution >= 4 is 6.09 Å². The lowest BCUT2D eigenvalue weighted by atomic mass is 10.0. The summed E-state index contributed by atoms with van der Waals surface area (Å²) in [5.41, 5.74) is -0.406. The molecule has 0 spiro atoms. The third-order valence-corrected chi connectivity index (χ3v) is 6.17. The largest absolute Gasteiger partial charge is 0.444 e. The summed E-state index contributed by atoms with van der Waals surface area (Å²) >= 11 is 0. The molecule has 0 aromatic heterocycles. The number of piperidine rings is 1. The molecule has 0 aromatic rings. The first-order chi connectivity index (χ1) is 12.3. The van der Waals surface area contributed by atoms with Crippen LogP contribution < -0.4 is 0 Å². The molecule has 0 radical (unpaired) electrons. The number of hydrogen-bond donors (Lipinski definition) is 0. The van der Waals surface area contributed by atoms with E-state index in [1.807, 2.05) is 25.7 Å². The van der Waals surface area contributed by atoms with Gasteiger partial charge in [-0.25, -0.2) is 4.79 Å². The monoisotopic (exact) mass is 366 g/mol. The summed E-state index contributed by atoms with van der Waals surface area (Å²) in [6.07, 6.45) is 6.03. The van der Waals surface area contributed by atoms with Gasteiger partial charge < -0.3 is 14.5 Å². The second kappa shape index (κ2) is 8.44. The number of likely N-dealkylation sites (tertiary alicyclic amines) is 2. The third kappa shape index (κ3) is 5.33. The molecule has 1 amide bonds. The lowest BCUT2D eigenvalue weighted by Gasteiger charge is -2.37. The van der Waals surface area contributed by atoms with Gasteiger partial charge in [-0.15, -0.1) is 0 Å². The fraction of sp³-hybridized carbons (Fsp3) is 0.950. The van der Waals surface area contributed by atoms with Crippen LogP contribution in [0.5, 0.6) is 0 Å². The average molecular weight is 367 g/mol. The van der Waals surface area contributed by atoms with E-state index in [1.165, 1.54) is 45.4 Å². The molecule has 150 valence electrons. The molecule has 26 heavy (non-hydrogen) atoms. The fourth-order valence-electron chi connectivity index (χ4n) is 4.56. The first kappa shape index (κ1) is 19.9. The van der Waals surface area contributed by atoms with Crippen LogP contribution in [0.15, 0.2) is 0 Å². The summed E-state index contributed by atoms with van der Waals surface area (Å²) in [4.78, 5) is 21.9. The highest BCUT2D eigenvalue weighted by Gasteiger charge is 2.32. The SMILES string of the molecule is CN1CCCC1CCN1CCN(C2CCN(C(=O)OC(C)(C)C)CC2)C1. The smallest absolute Gasteiger partial charge is 0.410 e. The van der Waals surface area contributed by atoms with E-state index < -0.39 is 5.60 Å². The second-order valence-electron chi connectivity index (χ2n) is 9.34.